The number of benzene rings is 1. The summed E-state index contributed by atoms with van der Waals surface area (Å²) in [7, 11) is 0. The van der Waals surface area contributed by atoms with Crippen LogP contribution < -0.4 is 10.2 Å². The van der Waals surface area contributed by atoms with Crippen LogP contribution in [0.25, 0.3) is 0 Å². The number of carbonyl (C=O) groups excluding carboxylic acids is 2. The zero-order valence-corrected chi connectivity index (χ0v) is 22.9. The topological polar surface area (TPSA) is 110 Å². The summed E-state index contributed by atoms with van der Waals surface area (Å²) < 4.78 is 0. The van der Waals surface area contributed by atoms with Crippen molar-refractivity contribution in [2.24, 2.45) is 0 Å². The van der Waals surface area contributed by atoms with Crippen molar-refractivity contribution < 1.29 is 14.7 Å². The number of aliphatic hydroxyl groups is 1. The molecule has 1 saturated carbocycles. The van der Waals surface area contributed by atoms with Gasteiger partial charge >= 0.3 is 0 Å². The Kier molecular flexibility index (Phi) is 8.37. The van der Waals surface area contributed by atoms with Gasteiger partial charge in [-0.1, -0.05) is 58.2 Å². The van der Waals surface area contributed by atoms with Crippen molar-refractivity contribution in [3.05, 3.63) is 59.4 Å². The van der Waals surface area contributed by atoms with Crippen molar-refractivity contribution in [3.63, 3.8) is 0 Å². The molecule has 2 aromatic rings. The number of pyridine rings is 1. The molecule has 2 fully saturated rings. The molecule has 8 heteroatoms. The minimum absolute atomic E-state index is 0.0562. The zero-order valence-electron chi connectivity index (χ0n) is 22.9. The largest absolute Gasteiger partial charge is 0.391 e. The molecule has 0 spiro atoms. The fourth-order valence-electron chi connectivity index (χ4n) is 5.52. The SMILES string of the molecule is Cc1cncc(C(C(=O)NC2CCCCC2)N(C(=O)C2CC(O)CN2C#N)c2ccc(C(C)(C)C)cc2)c1. The van der Waals surface area contributed by atoms with E-state index in [1.54, 1.807) is 12.4 Å². The van der Waals surface area contributed by atoms with Gasteiger partial charge in [-0.25, -0.2) is 0 Å². The van der Waals surface area contributed by atoms with Crippen LogP contribution in [0.5, 0.6) is 0 Å². The number of hydrogen-bond acceptors (Lipinski definition) is 6. The van der Waals surface area contributed by atoms with Gasteiger partial charge in [0, 0.05) is 36.1 Å². The van der Waals surface area contributed by atoms with Crippen LogP contribution in [-0.4, -0.2) is 51.5 Å². The number of carbonyl (C=O) groups is 2. The van der Waals surface area contributed by atoms with Crippen molar-refractivity contribution in [2.75, 3.05) is 11.4 Å². The van der Waals surface area contributed by atoms with Crippen LogP contribution in [0, 0.1) is 18.4 Å². The average Bonchev–Trinajstić information content (AvgIpc) is 3.27. The van der Waals surface area contributed by atoms with Crippen molar-refractivity contribution in [3.8, 4) is 6.19 Å². The highest BCUT2D eigenvalue weighted by Gasteiger charge is 2.43. The van der Waals surface area contributed by atoms with Gasteiger partial charge in [0.05, 0.1) is 12.6 Å². The van der Waals surface area contributed by atoms with Crippen molar-refractivity contribution in [2.45, 2.75) is 95.9 Å². The van der Waals surface area contributed by atoms with E-state index in [-0.39, 0.29) is 30.3 Å². The summed E-state index contributed by atoms with van der Waals surface area (Å²) in [4.78, 5) is 35.5. The number of nitrogens with one attached hydrogen (secondary N) is 1. The molecule has 38 heavy (non-hydrogen) atoms. The van der Waals surface area contributed by atoms with E-state index >= 15 is 0 Å². The van der Waals surface area contributed by atoms with Gasteiger partial charge in [0.25, 0.3) is 5.91 Å². The molecule has 4 rings (SSSR count). The second-order valence-corrected chi connectivity index (χ2v) is 11.7. The van der Waals surface area contributed by atoms with Crippen LogP contribution >= 0.6 is 0 Å². The van der Waals surface area contributed by atoms with E-state index in [4.69, 9.17) is 0 Å². The molecule has 202 valence electrons. The van der Waals surface area contributed by atoms with Crippen LogP contribution in [0.1, 0.15) is 82.0 Å². The van der Waals surface area contributed by atoms with Crippen LogP contribution in [-0.2, 0) is 15.0 Å². The number of rotatable bonds is 6. The Labute approximate surface area is 225 Å². The molecule has 2 aliphatic rings. The molecule has 2 N–H and O–H groups in total. The number of aliphatic hydroxyl groups excluding tert-OH is 1. The number of likely N-dealkylation sites (tertiary alicyclic amines) is 1. The molecule has 1 aliphatic heterocycles. The lowest BCUT2D eigenvalue weighted by molar-refractivity contribution is -0.128. The van der Waals surface area contributed by atoms with Gasteiger partial charge in [-0.3, -0.25) is 24.4 Å². The first kappa shape index (κ1) is 27.6. The zero-order chi connectivity index (χ0) is 27.4. The van der Waals surface area contributed by atoms with Gasteiger partial charge in [-0.05, 0) is 48.4 Å². The average molecular weight is 518 g/mol. The second kappa shape index (κ2) is 11.5. The first-order valence-corrected chi connectivity index (χ1v) is 13.6. The second-order valence-electron chi connectivity index (χ2n) is 11.7. The third-order valence-corrected chi connectivity index (χ3v) is 7.61. The van der Waals surface area contributed by atoms with Crippen molar-refractivity contribution in [1.29, 1.82) is 5.26 Å². The third kappa shape index (κ3) is 6.16. The van der Waals surface area contributed by atoms with Gasteiger partial charge in [-0.2, -0.15) is 5.26 Å². The molecule has 2 heterocycles. The highest BCUT2D eigenvalue weighted by molar-refractivity contribution is 6.04. The Morgan fingerprint density at radius 3 is 2.45 bits per heavy atom. The number of amides is 2. The predicted molar refractivity (Wildman–Crippen MR) is 146 cm³/mol. The highest BCUT2D eigenvalue weighted by Crippen LogP contribution is 2.34. The highest BCUT2D eigenvalue weighted by atomic mass is 16.3. The molecule has 0 radical (unpaired) electrons. The lowest BCUT2D eigenvalue weighted by Crippen LogP contribution is -2.51. The van der Waals surface area contributed by atoms with Gasteiger partial charge in [0.1, 0.15) is 12.1 Å². The molecular weight excluding hydrogens is 478 g/mol. The van der Waals surface area contributed by atoms with Crippen LogP contribution in [0.4, 0.5) is 5.69 Å². The Bertz CT molecular complexity index is 1180. The van der Waals surface area contributed by atoms with Crippen LogP contribution in [0.3, 0.4) is 0 Å². The van der Waals surface area contributed by atoms with E-state index in [1.165, 1.54) is 9.80 Å². The summed E-state index contributed by atoms with van der Waals surface area (Å²) in [6, 6.07) is 7.79. The van der Waals surface area contributed by atoms with Crippen LogP contribution in [0.2, 0.25) is 0 Å². The van der Waals surface area contributed by atoms with Gasteiger partial charge in [-0.15, -0.1) is 0 Å². The molecular formula is C30H39N5O3. The van der Waals surface area contributed by atoms with Gasteiger partial charge in [0.2, 0.25) is 5.91 Å². The lowest BCUT2D eigenvalue weighted by Gasteiger charge is -2.36. The van der Waals surface area contributed by atoms with E-state index < -0.39 is 24.1 Å². The van der Waals surface area contributed by atoms with Crippen molar-refractivity contribution in [1.82, 2.24) is 15.2 Å². The number of anilines is 1. The smallest absolute Gasteiger partial charge is 0.251 e. The molecule has 8 nitrogen and oxygen atoms in total. The lowest BCUT2D eigenvalue weighted by atomic mass is 9.87. The maximum atomic E-state index is 14.3. The standard InChI is InChI=1S/C30H39N5O3/c1-20-14-21(17-32-16-20)27(28(37)33-23-8-6-5-7-9-23)35(24-12-10-22(11-13-24)30(2,3)4)29(38)26-15-25(36)18-34(26)19-31/h10-14,16-17,23,25-27,36H,5-9,15,18H2,1-4H3,(H,33,37). The van der Waals surface area contributed by atoms with E-state index in [0.29, 0.717) is 11.3 Å². The molecule has 2 amide bonds. The van der Waals surface area contributed by atoms with E-state index in [2.05, 4.69) is 37.3 Å². The summed E-state index contributed by atoms with van der Waals surface area (Å²) >= 11 is 0. The first-order chi connectivity index (χ1) is 18.1. The fraction of sp³-hybridized carbons (Fsp3) is 0.533. The summed E-state index contributed by atoms with van der Waals surface area (Å²) in [5, 5.41) is 23.2. The third-order valence-electron chi connectivity index (χ3n) is 7.61. The molecule has 1 saturated heterocycles. The number of nitrogens with zero attached hydrogens (tertiary/aromatic N) is 4. The number of β-amino-alcohol motifs (C(OH)–C–C–N with tert-alkyl or cyclic N) is 1. The number of aromatic nitrogens is 1. The molecule has 3 unspecified atom stereocenters. The summed E-state index contributed by atoms with van der Waals surface area (Å²) in [5.74, 6) is -0.656. The Balaban J connectivity index is 1.81. The quantitative estimate of drug-likeness (QED) is 0.558. The van der Waals surface area contributed by atoms with Gasteiger partial charge in [0.15, 0.2) is 6.19 Å². The molecule has 1 aromatic carbocycles. The number of nitriles is 1. The van der Waals surface area contributed by atoms with Crippen LogP contribution in [0.15, 0.2) is 42.7 Å². The minimum Gasteiger partial charge on any atom is -0.391 e. The van der Waals surface area contributed by atoms with Crippen molar-refractivity contribution >= 4 is 17.5 Å². The maximum absolute atomic E-state index is 14.3. The summed E-state index contributed by atoms with van der Waals surface area (Å²) in [6.45, 7) is 8.35. The normalized spacial score (nSPS) is 21.0. The summed E-state index contributed by atoms with van der Waals surface area (Å²) in [6.07, 6.45) is 9.87. The molecule has 3 atom stereocenters. The van der Waals surface area contributed by atoms with E-state index in [1.807, 2.05) is 37.3 Å². The fourth-order valence-corrected chi connectivity index (χ4v) is 5.52. The minimum atomic E-state index is -0.976. The van der Waals surface area contributed by atoms with Gasteiger partial charge < -0.3 is 10.4 Å². The van der Waals surface area contributed by atoms with E-state index in [0.717, 1.165) is 43.2 Å². The monoisotopic (exact) mass is 517 g/mol. The van der Waals surface area contributed by atoms with E-state index in [9.17, 15) is 20.0 Å². The summed E-state index contributed by atoms with van der Waals surface area (Å²) in [5.41, 5.74) is 3.06. The predicted octanol–water partition coefficient (Wildman–Crippen LogP) is 4.13. The maximum Gasteiger partial charge on any atom is 0.251 e. The molecule has 0 bridgehead atoms. The first-order valence-electron chi connectivity index (χ1n) is 13.6. The Morgan fingerprint density at radius 2 is 1.84 bits per heavy atom. The molecule has 1 aromatic heterocycles. The Morgan fingerprint density at radius 1 is 1.16 bits per heavy atom. The molecule has 1 aliphatic carbocycles. The number of hydrogen-bond donors (Lipinski definition) is 2. The Hall–Kier alpha value is -3.44. The number of aryl methyl sites for hydroxylation is 1.